The lowest BCUT2D eigenvalue weighted by Crippen LogP contribution is -2.64. The fourth-order valence-corrected chi connectivity index (χ4v) is 2.25. The van der Waals surface area contributed by atoms with Crippen molar-refractivity contribution < 1.29 is 14.4 Å². The number of imide groups is 1. The Hall–Kier alpha value is -1.53. The van der Waals surface area contributed by atoms with Crippen LogP contribution in [0.1, 0.15) is 24.2 Å². The van der Waals surface area contributed by atoms with Gasteiger partial charge in [-0.05, 0) is 26.0 Å². The molecule has 0 saturated carbocycles. The maximum absolute atomic E-state index is 12.2. The van der Waals surface area contributed by atoms with Crippen LogP contribution in [0.15, 0.2) is 28.7 Å². The highest BCUT2D eigenvalue weighted by Gasteiger charge is 2.41. The Kier molecular flexibility index (Phi) is 4.06. The Labute approximate surface area is 125 Å². The third-order valence-corrected chi connectivity index (χ3v) is 3.96. The van der Waals surface area contributed by atoms with Gasteiger partial charge in [0.15, 0.2) is 5.78 Å². The van der Waals surface area contributed by atoms with Crippen LogP contribution in [0.3, 0.4) is 0 Å². The summed E-state index contributed by atoms with van der Waals surface area (Å²) in [5.74, 6) is -0.872. The fraction of sp³-hybridized carbons (Fsp3) is 0.357. The molecule has 5 nitrogen and oxygen atoms in total. The van der Waals surface area contributed by atoms with Gasteiger partial charge < -0.3 is 0 Å². The number of halogens is 1. The summed E-state index contributed by atoms with van der Waals surface area (Å²) in [5, 5.41) is 2.28. The van der Waals surface area contributed by atoms with Crippen molar-refractivity contribution in [2.24, 2.45) is 0 Å². The van der Waals surface area contributed by atoms with Gasteiger partial charge in [0, 0.05) is 10.0 Å². The van der Waals surface area contributed by atoms with Crippen molar-refractivity contribution in [1.29, 1.82) is 0 Å². The highest BCUT2D eigenvalue weighted by molar-refractivity contribution is 9.10. The first-order valence-electron chi connectivity index (χ1n) is 6.19. The monoisotopic (exact) mass is 338 g/mol. The molecule has 6 heteroatoms. The minimum atomic E-state index is -0.876. The Morgan fingerprint density at radius 3 is 2.50 bits per heavy atom. The average Bonchev–Trinajstić information content (AvgIpc) is 2.36. The van der Waals surface area contributed by atoms with E-state index in [1.54, 1.807) is 43.0 Å². The van der Waals surface area contributed by atoms with Gasteiger partial charge >= 0.3 is 0 Å². The number of amides is 2. The molecule has 1 saturated heterocycles. The third kappa shape index (κ3) is 2.96. The zero-order valence-corrected chi connectivity index (χ0v) is 12.9. The lowest BCUT2D eigenvalue weighted by atomic mass is 9.97. The molecule has 1 fully saturated rings. The van der Waals surface area contributed by atoms with Crippen molar-refractivity contribution in [2.45, 2.75) is 19.4 Å². The predicted molar refractivity (Wildman–Crippen MR) is 77.3 cm³/mol. The summed E-state index contributed by atoms with van der Waals surface area (Å²) in [5.41, 5.74) is -0.318. The molecule has 1 aromatic carbocycles. The summed E-state index contributed by atoms with van der Waals surface area (Å²) in [7, 11) is 0. The molecule has 106 valence electrons. The maximum Gasteiger partial charge on any atom is 0.246 e. The number of benzene rings is 1. The second-order valence-corrected chi connectivity index (χ2v) is 6.14. The van der Waals surface area contributed by atoms with Gasteiger partial charge in [-0.25, -0.2) is 0 Å². The average molecular weight is 339 g/mol. The van der Waals surface area contributed by atoms with E-state index in [2.05, 4.69) is 21.2 Å². The topological polar surface area (TPSA) is 66.5 Å². The molecule has 2 rings (SSSR count). The van der Waals surface area contributed by atoms with E-state index < -0.39 is 5.54 Å². The summed E-state index contributed by atoms with van der Waals surface area (Å²) >= 11 is 3.31. The number of nitrogens with one attached hydrogen (secondary N) is 1. The van der Waals surface area contributed by atoms with E-state index in [9.17, 15) is 14.4 Å². The summed E-state index contributed by atoms with van der Waals surface area (Å²) in [6, 6.07) is 7.00. The van der Waals surface area contributed by atoms with Gasteiger partial charge in [0.2, 0.25) is 11.8 Å². The fourth-order valence-electron chi connectivity index (χ4n) is 1.99. The van der Waals surface area contributed by atoms with E-state index in [-0.39, 0.29) is 30.7 Å². The zero-order valence-electron chi connectivity index (χ0n) is 11.3. The number of ketones is 1. The zero-order chi connectivity index (χ0) is 14.9. The van der Waals surface area contributed by atoms with E-state index in [0.29, 0.717) is 5.56 Å². The van der Waals surface area contributed by atoms with Gasteiger partial charge in [-0.15, -0.1) is 0 Å². The van der Waals surface area contributed by atoms with E-state index in [1.165, 1.54) is 0 Å². The molecule has 0 bridgehead atoms. The molecule has 1 aliphatic heterocycles. The predicted octanol–water partition coefficient (Wildman–Crippen LogP) is 1.37. The molecule has 0 aliphatic carbocycles. The second-order valence-electron chi connectivity index (χ2n) is 5.22. The molecular weight excluding hydrogens is 324 g/mol. The van der Waals surface area contributed by atoms with Crippen molar-refractivity contribution >= 4 is 33.5 Å². The first kappa shape index (κ1) is 14.9. The van der Waals surface area contributed by atoms with Gasteiger partial charge in [0.1, 0.15) is 0 Å². The van der Waals surface area contributed by atoms with Crippen molar-refractivity contribution in [2.75, 3.05) is 13.1 Å². The first-order chi connectivity index (χ1) is 9.30. The summed E-state index contributed by atoms with van der Waals surface area (Å²) in [4.78, 5) is 37.1. The summed E-state index contributed by atoms with van der Waals surface area (Å²) in [6.45, 7) is 3.47. The van der Waals surface area contributed by atoms with Gasteiger partial charge in [0.25, 0.3) is 0 Å². The maximum atomic E-state index is 12.2. The van der Waals surface area contributed by atoms with E-state index >= 15 is 0 Å². The van der Waals surface area contributed by atoms with Crippen molar-refractivity contribution in [3.8, 4) is 0 Å². The minimum absolute atomic E-state index is 0.0355. The molecule has 1 aromatic rings. The Morgan fingerprint density at radius 1 is 1.30 bits per heavy atom. The molecule has 20 heavy (non-hydrogen) atoms. The van der Waals surface area contributed by atoms with E-state index in [0.717, 1.165) is 4.47 Å². The molecule has 0 aromatic heterocycles. The minimum Gasteiger partial charge on any atom is -0.294 e. The lowest BCUT2D eigenvalue weighted by molar-refractivity contribution is -0.144. The van der Waals surface area contributed by atoms with Crippen LogP contribution in [0.2, 0.25) is 0 Å². The van der Waals surface area contributed by atoms with E-state index in [4.69, 9.17) is 0 Å². The Balaban J connectivity index is 2.15. The van der Waals surface area contributed by atoms with Gasteiger partial charge in [-0.1, -0.05) is 28.1 Å². The number of carbonyl (C=O) groups excluding carboxylic acids is 3. The second kappa shape index (κ2) is 5.46. The SMILES string of the molecule is CC1(C)C(=O)NC(=O)CN1CC(=O)c1ccc(Br)cc1. The van der Waals surface area contributed by atoms with Crippen molar-refractivity contribution in [3.05, 3.63) is 34.3 Å². The number of piperazine rings is 1. The van der Waals surface area contributed by atoms with Gasteiger partial charge in [-0.2, -0.15) is 0 Å². The molecule has 0 unspecified atom stereocenters. The molecule has 1 aliphatic rings. The molecule has 1 N–H and O–H groups in total. The molecular formula is C14H15BrN2O3. The molecule has 0 radical (unpaired) electrons. The normalized spacial score (nSPS) is 18.8. The van der Waals surface area contributed by atoms with Gasteiger partial charge in [-0.3, -0.25) is 24.6 Å². The van der Waals surface area contributed by atoms with Crippen LogP contribution in [-0.2, 0) is 9.59 Å². The molecule has 0 spiro atoms. The molecule has 1 heterocycles. The highest BCUT2D eigenvalue weighted by Crippen LogP contribution is 2.19. The molecule has 2 amide bonds. The van der Waals surface area contributed by atoms with Crippen LogP contribution in [0.25, 0.3) is 0 Å². The van der Waals surface area contributed by atoms with Crippen LogP contribution < -0.4 is 5.32 Å². The number of Topliss-reactive ketones (excluding diaryl/α,β-unsaturated/α-hetero) is 1. The standard InChI is InChI=1S/C14H15BrN2O3/c1-14(2)13(20)16-12(19)8-17(14)7-11(18)9-3-5-10(15)6-4-9/h3-6H,7-8H2,1-2H3,(H,16,19,20). The Bertz CT molecular complexity index is 566. The number of hydrogen-bond donors (Lipinski definition) is 1. The van der Waals surface area contributed by atoms with Crippen molar-refractivity contribution in [1.82, 2.24) is 10.2 Å². The van der Waals surface area contributed by atoms with Crippen LogP contribution >= 0.6 is 15.9 Å². The lowest BCUT2D eigenvalue weighted by Gasteiger charge is -2.39. The summed E-state index contributed by atoms with van der Waals surface area (Å²) in [6.07, 6.45) is 0. The van der Waals surface area contributed by atoms with Crippen LogP contribution in [0.4, 0.5) is 0 Å². The number of rotatable bonds is 3. The van der Waals surface area contributed by atoms with Gasteiger partial charge in [0.05, 0.1) is 18.6 Å². The number of carbonyl (C=O) groups is 3. The quantitative estimate of drug-likeness (QED) is 0.667. The Morgan fingerprint density at radius 2 is 1.90 bits per heavy atom. The van der Waals surface area contributed by atoms with Crippen LogP contribution in [-0.4, -0.2) is 41.1 Å². The number of nitrogens with zero attached hydrogens (tertiary/aromatic N) is 1. The van der Waals surface area contributed by atoms with Crippen LogP contribution in [0.5, 0.6) is 0 Å². The molecule has 0 atom stereocenters. The third-order valence-electron chi connectivity index (χ3n) is 3.43. The van der Waals surface area contributed by atoms with E-state index in [1.807, 2.05) is 0 Å². The number of hydrogen-bond acceptors (Lipinski definition) is 4. The first-order valence-corrected chi connectivity index (χ1v) is 6.98. The van der Waals surface area contributed by atoms with Crippen LogP contribution in [0, 0.1) is 0 Å². The smallest absolute Gasteiger partial charge is 0.246 e. The largest absolute Gasteiger partial charge is 0.294 e. The highest BCUT2D eigenvalue weighted by atomic mass is 79.9. The van der Waals surface area contributed by atoms with Crippen molar-refractivity contribution in [3.63, 3.8) is 0 Å². The summed E-state index contributed by atoms with van der Waals surface area (Å²) < 4.78 is 0.891.